The maximum absolute atomic E-state index is 12.9. The molecule has 0 aliphatic heterocycles. The second-order valence-corrected chi connectivity index (χ2v) is 13.0. The molecular formula is C32H46N3O7P. The highest BCUT2D eigenvalue weighted by Crippen LogP contribution is 2.38. The zero-order valence-electron chi connectivity index (χ0n) is 25.1. The number of nitrogens with one attached hydrogen (secondary N) is 3. The SMILES string of the molecule is CC(C)[C@H](NC(=O)CNC(=O)OCc1ccccc1)C(=O)NC[C@H](O)CC1CCCC(C[PH](=O)OCc2ccccc2)C1. The van der Waals surface area contributed by atoms with Crippen molar-refractivity contribution in [2.75, 3.05) is 19.3 Å². The van der Waals surface area contributed by atoms with Crippen molar-refractivity contribution in [3.63, 3.8) is 0 Å². The molecule has 0 aromatic heterocycles. The summed E-state index contributed by atoms with van der Waals surface area (Å²) in [4.78, 5) is 37.2. The fourth-order valence-corrected chi connectivity index (χ4v) is 6.60. The van der Waals surface area contributed by atoms with Crippen LogP contribution in [0.4, 0.5) is 4.79 Å². The van der Waals surface area contributed by atoms with Crippen LogP contribution in [0, 0.1) is 17.8 Å². The zero-order chi connectivity index (χ0) is 31.0. The summed E-state index contributed by atoms with van der Waals surface area (Å²) in [7, 11) is -2.14. The van der Waals surface area contributed by atoms with E-state index >= 15 is 0 Å². The highest BCUT2D eigenvalue weighted by atomic mass is 31.1. The summed E-state index contributed by atoms with van der Waals surface area (Å²) in [6.07, 6.45) is 3.50. The molecule has 0 bridgehead atoms. The molecule has 5 atom stereocenters. The molecule has 10 nitrogen and oxygen atoms in total. The molecule has 1 aliphatic carbocycles. The minimum Gasteiger partial charge on any atom is -0.445 e. The van der Waals surface area contributed by atoms with E-state index in [0.717, 1.165) is 36.8 Å². The van der Waals surface area contributed by atoms with Gasteiger partial charge in [-0.15, -0.1) is 0 Å². The number of amides is 3. The van der Waals surface area contributed by atoms with Crippen molar-refractivity contribution in [2.45, 2.75) is 71.3 Å². The Morgan fingerprint density at radius 2 is 1.56 bits per heavy atom. The van der Waals surface area contributed by atoms with Crippen LogP contribution in [-0.2, 0) is 36.6 Å². The zero-order valence-corrected chi connectivity index (χ0v) is 26.1. The number of aliphatic hydroxyl groups excluding tert-OH is 1. The molecule has 3 unspecified atom stereocenters. The van der Waals surface area contributed by atoms with Crippen molar-refractivity contribution >= 4 is 25.9 Å². The Morgan fingerprint density at radius 3 is 2.21 bits per heavy atom. The molecule has 0 radical (unpaired) electrons. The summed E-state index contributed by atoms with van der Waals surface area (Å²) in [5.41, 5.74) is 1.83. The molecule has 3 rings (SSSR count). The Hall–Kier alpha value is -3.20. The van der Waals surface area contributed by atoms with Crippen LogP contribution in [0.1, 0.15) is 57.1 Å². The normalized spacial score (nSPS) is 18.7. The van der Waals surface area contributed by atoms with Crippen molar-refractivity contribution in [3.8, 4) is 0 Å². The highest BCUT2D eigenvalue weighted by molar-refractivity contribution is 7.39. The van der Waals surface area contributed by atoms with Crippen LogP contribution in [0.15, 0.2) is 60.7 Å². The maximum Gasteiger partial charge on any atom is 0.407 e. The van der Waals surface area contributed by atoms with Gasteiger partial charge in [-0.2, -0.15) is 0 Å². The average Bonchev–Trinajstić information content (AvgIpc) is 3.00. The van der Waals surface area contributed by atoms with E-state index in [2.05, 4.69) is 16.0 Å². The van der Waals surface area contributed by atoms with Gasteiger partial charge in [-0.3, -0.25) is 14.2 Å². The first-order chi connectivity index (χ1) is 20.7. The number of carbonyl (C=O) groups excluding carboxylic acids is 3. The second kappa shape index (κ2) is 18.5. The molecule has 2 aromatic rings. The summed E-state index contributed by atoms with van der Waals surface area (Å²) >= 11 is 0. The fraction of sp³-hybridized carbons (Fsp3) is 0.531. The molecule has 236 valence electrons. The minimum atomic E-state index is -2.14. The number of hydrogen-bond donors (Lipinski definition) is 4. The molecule has 43 heavy (non-hydrogen) atoms. The second-order valence-electron chi connectivity index (χ2n) is 11.6. The van der Waals surface area contributed by atoms with Gasteiger partial charge in [-0.25, -0.2) is 4.79 Å². The predicted octanol–water partition coefficient (Wildman–Crippen LogP) is 4.42. The van der Waals surface area contributed by atoms with Crippen molar-refractivity contribution in [2.24, 2.45) is 17.8 Å². The summed E-state index contributed by atoms with van der Waals surface area (Å²) in [6.45, 7) is 3.78. The lowest BCUT2D eigenvalue weighted by atomic mass is 9.79. The van der Waals surface area contributed by atoms with Gasteiger partial charge in [0.25, 0.3) is 0 Å². The van der Waals surface area contributed by atoms with Gasteiger partial charge < -0.3 is 30.3 Å². The van der Waals surface area contributed by atoms with Crippen molar-refractivity contribution in [1.82, 2.24) is 16.0 Å². The smallest absolute Gasteiger partial charge is 0.407 e. The number of rotatable bonds is 16. The number of carbonyl (C=O) groups is 3. The Morgan fingerprint density at radius 1 is 0.930 bits per heavy atom. The van der Waals surface area contributed by atoms with Crippen LogP contribution in [0.25, 0.3) is 0 Å². The Labute approximate surface area is 255 Å². The summed E-state index contributed by atoms with van der Waals surface area (Å²) < 4.78 is 23.3. The summed E-state index contributed by atoms with van der Waals surface area (Å²) in [6, 6.07) is 18.1. The fourth-order valence-electron chi connectivity index (χ4n) is 5.32. The lowest BCUT2D eigenvalue weighted by Crippen LogP contribution is -2.53. The standard InChI is InChI=1S/C32H46N3O7P/c1-23(2)30(35-29(37)19-34-32(39)41-20-24-10-5-3-6-11-24)31(38)33-18-28(36)17-26-14-9-15-27(16-26)22-43(40)42-21-25-12-7-4-8-13-25/h3-8,10-13,23,26-28,30,36,43H,9,14-22H2,1-2H3,(H,33,38)(H,34,39)(H,35,37)/t26?,27?,28-,30+/m1/s1. The van der Waals surface area contributed by atoms with Crippen LogP contribution in [0.5, 0.6) is 0 Å². The van der Waals surface area contributed by atoms with Crippen molar-refractivity contribution < 1.29 is 33.3 Å². The van der Waals surface area contributed by atoms with E-state index in [4.69, 9.17) is 9.26 Å². The van der Waals surface area contributed by atoms with Gasteiger partial charge in [0.15, 0.2) is 8.03 Å². The lowest BCUT2D eigenvalue weighted by molar-refractivity contribution is -0.129. The van der Waals surface area contributed by atoms with Gasteiger partial charge in [0.2, 0.25) is 11.8 Å². The number of alkyl carbamates (subject to hydrolysis) is 1. The molecule has 2 aromatic carbocycles. The first kappa shape index (κ1) is 34.3. The van der Waals surface area contributed by atoms with Crippen LogP contribution in [0.2, 0.25) is 0 Å². The molecule has 1 fully saturated rings. The van der Waals surface area contributed by atoms with E-state index in [-0.39, 0.29) is 31.5 Å². The first-order valence-electron chi connectivity index (χ1n) is 15.1. The summed E-state index contributed by atoms with van der Waals surface area (Å²) in [5, 5.41) is 18.5. The van der Waals surface area contributed by atoms with E-state index in [0.29, 0.717) is 25.1 Å². The lowest BCUT2D eigenvalue weighted by Gasteiger charge is -2.30. The van der Waals surface area contributed by atoms with Crippen LogP contribution >= 0.6 is 8.03 Å². The van der Waals surface area contributed by atoms with Crippen LogP contribution < -0.4 is 16.0 Å². The Bertz CT molecular complexity index is 1170. The summed E-state index contributed by atoms with van der Waals surface area (Å²) in [5.74, 6) is -0.552. The van der Waals surface area contributed by atoms with E-state index < -0.39 is 38.1 Å². The molecule has 11 heteroatoms. The first-order valence-corrected chi connectivity index (χ1v) is 16.6. The van der Waals surface area contributed by atoms with Crippen LogP contribution in [-0.4, -0.2) is 54.4 Å². The topological polar surface area (TPSA) is 143 Å². The third kappa shape index (κ3) is 13.3. The van der Waals surface area contributed by atoms with Crippen LogP contribution in [0.3, 0.4) is 0 Å². The molecule has 4 N–H and O–H groups in total. The maximum atomic E-state index is 12.9. The van der Waals surface area contributed by atoms with Crippen molar-refractivity contribution in [3.05, 3.63) is 71.8 Å². The number of benzene rings is 2. The monoisotopic (exact) mass is 615 g/mol. The van der Waals surface area contributed by atoms with Gasteiger partial charge in [-0.1, -0.05) is 87.4 Å². The van der Waals surface area contributed by atoms with Gasteiger partial charge in [-0.05, 0) is 48.1 Å². The van der Waals surface area contributed by atoms with E-state index in [1.54, 1.807) is 13.8 Å². The molecular weight excluding hydrogens is 569 g/mol. The Kier molecular flexibility index (Phi) is 14.7. The van der Waals surface area contributed by atoms with E-state index in [1.165, 1.54) is 0 Å². The molecule has 1 saturated carbocycles. The molecule has 3 amide bonds. The molecule has 0 saturated heterocycles. The average molecular weight is 616 g/mol. The van der Waals surface area contributed by atoms with Gasteiger partial charge in [0.1, 0.15) is 19.2 Å². The largest absolute Gasteiger partial charge is 0.445 e. The predicted molar refractivity (Wildman–Crippen MR) is 166 cm³/mol. The molecule has 0 heterocycles. The molecule has 1 aliphatic rings. The van der Waals surface area contributed by atoms with E-state index in [1.807, 2.05) is 60.7 Å². The van der Waals surface area contributed by atoms with E-state index in [9.17, 15) is 24.1 Å². The third-order valence-corrected chi connectivity index (χ3v) is 8.96. The van der Waals surface area contributed by atoms with Crippen molar-refractivity contribution in [1.29, 1.82) is 0 Å². The minimum absolute atomic E-state index is 0.0694. The number of hydrogen-bond acceptors (Lipinski definition) is 7. The Balaban J connectivity index is 1.34. The van der Waals surface area contributed by atoms with Gasteiger partial charge >= 0.3 is 6.09 Å². The number of aliphatic hydroxyl groups is 1. The van der Waals surface area contributed by atoms with Gasteiger partial charge in [0.05, 0.1) is 12.7 Å². The van der Waals surface area contributed by atoms with Gasteiger partial charge in [0, 0.05) is 12.7 Å². The highest BCUT2D eigenvalue weighted by Gasteiger charge is 2.27. The third-order valence-electron chi connectivity index (χ3n) is 7.58. The quantitative estimate of drug-likeness (QED) is 0.205. The molecule has 0 spiro atoms. The number of ether oxygens (including phenoxy) is 1.